The van der Waals surface area contributed by atoms with Crippen LogP contribution in [0.25, 0.3) is 10.1 Å². The van der Waals surface area contributed by atoms with Gasteiger partial charge in [-0.15, -0.1) is 11.3 Å². The van der Waals surface area contributed by atoms with E-state index in [1.807, 2.05) is 0 Å². The van der Waals surface area contributed by atoms with Gasteiger partial charge in [-0.25, -0.2) is 17.5 Å². The van der Waals surface area contributed by atoms with E-state index in [9.17, 15) is 17.6 Å². The van der Waals surface area contributed by atoms with Crippen LogP contribution in [0.4, 0.5) is 4.39 Å². The molecule has 0 unspecified atom stereocenters. The lowest BCUT2D eigenvalue weighted by molar-refractivity contribution is 0.0950. The third-order valence-electron chi connectivity index (χ3n) is 4.51. The SMILES string of the molecule is COCc1c(C(=O)NCc2ccc(CS(=O)(=O)NC(C)C)cc2)sc2cccc(F)c12. The molecule has 0 aliphatic heterocycles. The monoisotopic (exact) mass is 464 g/mol. The van der Waals surface area contributed by atoms with Gasteiger partial charge in [0.05, 0.1) is 17.2 Å². The Morgan fingerprint density at radius 1 is 1.13 bits per heavy atom. The molecule has 0 radical (unpaired) electrons. The molecule has 0 spiro atoms. The van der Waals surface area contributed by atoms with Crippen molar-refractivity contribution >= 4 is 37.4 Å². The summed E-state index contributed by atoms with van der Waals surface area (Å²) in [4.78, 5) is 13.2. The van der Waals surface area contributed by atoms with Gasteiger partial charge in [-0.3, -0.25) is 4.79 Å². The van der Waals surface area contributed by atoms with Crippen molar-refractivity contribution in [3.05, 3.63) is 69.8 Å². The minimum absolute atomic E-state index is 0.106. The number of carbonyl (C=O) groups is 1. The van der Waals surface area contributed by atoms with Crippen LogP contribution in [-0.4, -0.2) is 27.5 Å². The number of hydrogen-bond acceptors (Lipinski definition) is 5. The molecule has 1 aromatic heterocycles. The molecule has 1 amide bonds. The Morgan fingerprint density at radius 3 is 2.45 bits per heavy atom. The molecular weight excluding hydrogens is 439 g/mol. The van der Waals surface area contributed by atoms with Crippen molar-refractivity contribution in [3.8, 4) is 0 Å². The molecule has 31 heavy (non-hydrogen) atoms. The van der Waals surface area contributed by atoms with E-state index in [1.54, 1.807) is 50.2 Å². The summed E-state index contributed by atoms with van der Waals surface area (Å²) in [6, 6.07) is 11.6. The Balaban J connectivity index is 1.70. The fraction of sp³-hybridized carbons (Fsp3) is 0.318. The van der Waals surface area contributed by atoms with E-state index in [0.29, 0.717) is 26.1 Å². The fourth-order valence-corrected chi connectivity index (χ4v) is 5.84. The number of fused-ring (bicyclic) bond motifs is 1. The zero-order valence-corrected chi connectivity index (χ0v) is 19.2. The number of amides is 1. The standard InChI is InChI=1S/C22H25FN2O4S2/c1-14(2)25-31(27,28)13-16-9-7-15(8-10-16)11-24-22(26)21-17(12-29-3)20-18(23)5-4-6-19(20)30-21/h4-10,14,25H,11-13H2,1-3H3,(H,24,26). The van der Waals surface area contributed by atoms with Crippen molar-refractivity contribution in [2.45, 2.75) is 38.8 Å². The van der Waals surface area contributed by atoms with Gasteiger partial charge in [0.2, 0.25) is 10.0 Å². The third-order valence-corrected chi connectivity index (χ3v) is 7.25. The van der Waals surface area contributed by atoms with Crippen LogP contribution in [0.5, 0.6) is 0 Å². The second kappa shape index (κ2) is 9.86. The maximum Gasteiger partial charge on any atom is 0.262 e. The van der Waals surface area contributed by atoms with Crippen LogP contribution in [0, 0.1) is 5.82 Å². The summed E-state index contributed by atoms with van der Waals surface area (Å²) in [5, 5.41) is 3.27. The minimum atomic E-state index is -3.40. The molecule has 6 nitrogen and oxygen atoms in total. The van der Waals surface area contributed by atoms with Crippen LogP contribution in [0.3, 0.4) is 0 Å². The van der Waals surface area contributed by atoms with Crippen molar-refractivity contribution in [1.82, 2.24) is 10.0 Å². The van der Waals surface area contributed by atoms with Crippen LogP contribution < -0.4 is 10.0 Å². The molecule has 0 saturated heterocycles. The zero-order chi connectivity index (χ0) is 22.6. The van der Waals surface area contributed by atoms with Crippen molar-refractivity contribution in [2.75, 3.05) is 7.11 Å². The molecule has 0 aliphatic rings. The quantitative estimate of drug-likeness (QED) is 0.502. The van der Waals surface area contributed by atoms with Gasteiger partial charge in [0.25, 0.3) is 5.91 Å². The Morgan fingerprint density at radius 2 is 1.81 bits per heavy atom. The summed E-state index contributed by atoms with van der Waals surface area (Å²) in [5.74, 6) is -0.788. The topological polar surface area (TPSA) is 84.5 Å². The number of methoxy groups -OCH3 is 1. The highest BCUT2D eigenvalue weighted by atomic mass is 32.2. The van der Waals surface area contributed by atoms with Crippen molar-refractivity contribution in [3.63, 3.8) is 0 Å². The largest absolute Gasteiger partial charge is 0.380 e. The van der Waals surface area contributed by atoms with Crippen LogP contribution in [0.1, 0.15) is 40.2 Å². The van der Waals surface area contributed by atoms with Gasteiger partial charge in [-0.05, 0) is 37.1 Å². The number of nitrogens with one attached hydrogen (secondary N) is 2. The Labute approximate surface area is 185 Å². The second-order valence-corrected chi connectivity index (χ2v) is 10.3. The highest BCUT2D eigenvalue weighted by Gasteiger charge is 2.20. The molecule has 0 aliphatic carbocycles. The lowest BCUT2D eigenvalue weighted by atomic mass is 10.1. The number of thiophene rings is 1. The molecule has 0 saturated carbocycles. The number of carbonyl (C=O) groups excluding carboxylic acids is 1. The average Bonchev–Trinajstić information content (AvgIpc) is 3.06. The number of hydrogen-bond donors (Lipinski definition) is 2. The molecule has 2 N–H and O–H groups in total. The van der Waals surface area contributed by atoms with Gasteiger partial charge in [-0.1, -0.05) is 30.3 Å². The zero-order valence-electron chi connectivity index (χ0n) is 17.6. The molecule has 1 heterocycles. The number of sulfonamides is 1. The van der Waals surface area contributed by atoms with Crippen molar-refractivity contribution in [1.29, 1.82) is 0 Å². The Bertz CT molecular complexity index is 1170. The summed E-state index contributed by atoms with van der Waals surface area (Å²) < 4.78 is 46.8. The smallest absolute Gasteiger partial charge is 0.262 e. The predicted octanol–water partition coefficient (Wildman–Crippen LogP) is 3.94. The summed E-state index contributed by atoms with van der Waals surface area (Å²) >= 11 is 1.23. The van der Waals surface area contributed by atoms with E-state index in [0.717, 1.165) is 5.56 Å². The van der Waals surface area contributed by atoms with E-state index in [4.69, 9.17) is 4.74 Å². The summed E-state index contributed by atoms with van der Waals surface area (Å²) in [6.45, 7) is 3.94. The highest BCUT2D eigenvalue weighted by molar-refractivity contribution is 7.88. The van der Waals surface area contributed by atoms with E-state index in [1.165, 1.54) is 24.5 Å². The summed E-state index contributed by atoms with van der Waals surface area (Å²) in [5.41, 5.74) is 2.02. The molecule has 166 valence electrons. The van der Waals surface area contributed by atoms with E-state index < -0.39 is 10.0 Å². The molecule has 0 bridgehead atoms. The molecule has 3 aromatic rings. The van der Waals surface area contributed by atoms with Gasteiger partial charge in [0, 0.05) is 35.3 Å². The van der Waals surface area contributed by atoms with Crippen molar-refractivity contribution < 1.29 is 22.3 Å². The maximum absolute atomic E-state index is 14.3. The first-order valence-electron chi connectivity index (χ1n) is 9.75. The maximum atomic E-state index is 14.3. The first kappa shape index (κ1) is 23.3. The Kier molecular flexibility index (Phi) is 7.42. The van der Waals surface area contributed by atoms with Crippen LogP contribution in [0.15, 0.2) is 42.5 Å². The average molecular weight is 465 g/mol. The molecule has 3 rings (SSSR count). The van der Waals surface area contributed by atoms with E-state index in [2.05, 4.69) is 10.0 Å². The van der Waals surface area contributed by atoms with Crippen LogP contribution >= 0.6 is 11.3 Å². The van der Waals surface area contributed by atoms with Gasteiger partial charge in [-0.2, -0.15) is 0 Å². The van der Waals surface area contributed by atoms with Gasteiger partial charge in [0.1, 0.15) is 5.82 Å². The van der Waals surface area contributed by atoms with Crippen LogP contribution in [-0.2, 0) is 33.7 Å². The summed E-state index contributed by atoms with van der Waals surface area (Å²) in [7, 11) is -1.89. The number of ether oxygens (including phenoxy) is 1. The first-order chi connectivity index (χ1) is 14.7. The number of halogens is 1. The Hall–Kier alpha value is -2.33. The van der Waals surface area contributed by atoms with Gasteiger partial charge >= 0.3 is 0 Å². The lowest BCUT2D eigenvalue weighted by Gasteiger charge is -2.10. The molecular formula is C22H25FN2O4S2. The van der Waals surface area contributed by atoms with Gasteiger partial charge < -0.3 is 10.1 Å². The second-order valence-electron chi connectivity index (χ2n) is 7.49. The van der Waals surface area contributed by atoms with E-state index >= 15 is 0 Å². The van der Waals surface area contributed by atoms with Crippen molar-refractivity contribution in [2.24, 2.45) is 0 Å². The normalized spacial score (nSPS) is 11.9. The first-order valence-corrected chi connectivity index (χ1v) is 12.2. The minimum Gasteiger partial charge on any atom is -0.380 e. The molecule has 2 aromatic carbocycles. The van der Waals surface area contributed by atoms with Gasteiger partial charge in [0.15, 0.2) is 0 Å². The number of rotatable bonds is 9. The summed E-state index contributed by atoms with van der Waals surface area (Å²) in [6.07, 6.45) is 0. The lowest BCUT2D eigenvalue weighted by Crippen LogP contribution is -2.31. The van der Waals surface area contributed by atoms with E-state index in [-0.39, 0.29) is 36.7 Å². The number of benzene rings is 2. The third kappa shape index (κ3) is 5.88. The molecule has 0 atom stereocenters. The fourth-order valence-electron chi connectivity index (χ4n) is 3.27. The highest BCUT2D eigenvalue weighted by Crippen LogP contribution is 2.33. The molecule has 0 fully saturated rings. The predicted molar refractivity (Wildman–Crippen MR) is 121 cm³/mol. The molecule has 9 heteroatoms. The van der Waals surface area contributed by atoms with Crippen LogP contribution in [0.2, 0.25) is 0 Å².